The van der Waals surface area contributed by atoms with Gasteiger partial charge in [-0.05, 0) is 67.4 Å². The molecule has 34 heavy (non-hydrogen) atoms. The zero-order chi connectivity index (χ0) is 24.8. The Labute approximate surface area is 207 Å². The average molecular weight is 525 g/mol. The highest BCUT2D eigenvalue weighted by molar-refractivity contribution is 7.18. The van der Waals surface area contributed by atoms with E-state index in [0.717, 1.165) is 21.2 Å². The number of carboxylic acids is 1. The van der Waals surface area contributed by atoms with Gasteiger partial charge >= 0.3 is 12.1 Å². The van der Waals surface area contributed by atoms with Crippen LogP contribution in [-0.2, 0) is 16.4 Å². The van der Waals surface area contributed by atoms with Gasteiger partial charge in [-0.2, -0.15) is 18.3 Å². The maximum Gasteiger partial charge on any atom is 0.435 e. The molecule has 0 saturated carbocycles. The molecule has 2 heterocycles. The highest BCUT2D eigenvalue weighted by Gasteiger charge is 2.36. The first-order chi connectivity index (χ1) is 15.9. The third-order valence-electron chi connectivity index (χ3n) is 5.40. The highest BCUT2D eigenvalue weighted by atomic mass is 35.5. The molecule has 0 saturated heterocycles. The molecule has 0 amide bonds. The van der Waals surface area contributed by atoms with E-state index in [9.17, 15) is 23.1 Å². The molecule has 0 fully saturated rings. The SMILES string of the molecule is CC(C)(C(=O)O)c1cccc(-c2ccc(-c3cc(C(F)(F)F)nn3-c3cc(Cl)ccc3Cl)s2)c1. The minimum Gasteiger partial charge on any atom is -0.481 e. The normalized spacial score (nSPS) is 12.2. The quantitative estimate of drug-likeness (QED) is 0.288. The molecule has 0 unspecified atom stereocenters. The molecule has 0 aliphatic rings. The van der Waals surface area contributed by atoms with Gasteiger partial charge in [-0.1, -0.05) is 41.4 Å². The van der Waals surface area contributed by atoms with Crippen LogP contribution in [0.25, 0.3) is 26.7 Å². The maximum atomic E-state index is 13.5. The summed E-state index contributed by atoms with van der Waals surface area (Å²) in [6.45, 7) is 3.22. The number of rotatable bonds is 5. The summed E-state index contributed by atoms with van der Waals surface area (Å²) in [6, 6.07) is 16.0. The summed E-state index contributed by atoms with van der Waals surface area (Å²) >= 11 is 13.6. The fourth-order valence-corrected chi connectivity index (χ4v) is 4.71. The molecule has 10 heteroatoms. The van der Waals surface area contributed by atoms with Gasteiger partial charge in [-0.25, -0.2) is 4.68 Å². The summed E-state index contributed by atoms with van der Waals surface area (Å²) in [5, 5.41) is 13.8. The van der Waals surface area contributed by atoms with Crippen LogP contribution in [0, 0.1) is 0 Å². The Morgan fingerprint density at radius 2 is 1.71 bits per heavy atom. The second kappa shape index (κ2) is 8.76. The summed E-state index contributed by atoms with van der Waals surface area (Å²) < 4.78 is 41.6. The summed E-state index contributed by atoms with van der Waals surface area (Å²) in [7, 11) is 0. The van der Waals surface area contributed by atoms with Crippen molar-refractivity contribution >= 4 is 40.5 Å². The Kier molecular flexibility index (Phi) is 6.27. The molecule has 0 atom stereocenters. The second-order valence-corrected chi connectivity index (χ2v) is 10.0. The summed E-state index contributed by atoms with van der Waals surface area (Å²) in [4.78, 5) is 12.9. The van der Waals surface area contributed by atoms with Crippen molar-refractivity contribution in [2.24, 2.45) is 0 Å². The van der Waals surface area contributed by atoms with Crippen molar-refractivity contribution in [2.75, 3.05) is 0 Å². The van der Waals surface area contributed by atoms with Crippen molar-refractivity contribution in [1.82, 2.24) is 9.78 Å². The van der Waals surface area contributed by atoms with E-state index in [1.807, 2.05) is 6.07 Å². The molecule has 4 nitrogen and oxygen atoms in total. The fourth-order valence-electron chi connectivity index (χ4n) is 3.34. The molecule has 4 rings (SSSR count). The molecule has 2 aromatic heterocycles. The lowest BCUT2D eigenvalue weighted by molar-refractivity contribution is -0.142. The van der Waals surface area contributed by atoms with Crippen LogP contribution >= 0.6 is 34.5 Å². The standard InChI is InChI=1S/C24H17Cl2F3N2O2S/c1-23(2,22(32)33)14-5-3-4-13(10-14)19-8-9-20(34-19)18-12-21(24(27,28)29)30-31(18)17-11-15(25)6-7-16(17)26/h3-12H,1-2H3,(H,32,33). The Morgan fingerprint density at radius 1 is 1.00 bits per heavy atom. The smallest absolute Gasteiger partial charge is 0.435 e. The Bertz CT molecular complexity index is 1390. The van der Waals surface area contributed by atoms with Gasteiger partial charge in [0.15, 0.2) is 5.69 Å². The van der Waals surface area contributed by atoms with Crippen LogP contribution in [-0.4, -0.2) is 20.9 Å². The maximum absolute atomic E-state index is 13.5. The van der Waals surface area contributed by atoms with E-state index in [2.05, 4.69) is 5.10 Å². The van der Waals surface area contributed by atoms with Crippen LogP contribution in [0.1, 0.15) is 25.1 Å². The van der Waals surface area contributed by atoms with Crippen LogP contribution in [0.5, 0.6) is 0 Å². The van der Waals surface area contributed by atoms with E-state index >= 15 is 0 Å². The predicted molar refractivity (Wildman–Crippen MR) is 128 cm³/mol. The molecule has 0 bridgehead atoms. The van der Waals surface area contributed by atoms with Gasteiger partial charge in [0.25, 0.3) is 0 Å². The zero-order valence-corrected chi connectivity index (χ0v) is 20.1. The van der Waals surface area contributed by atoms with Crippen molar-refractivity contribution in [3.8, 4) is 26.7 Å². The molecule has 0 spiro atoms. The summed E-state index contributed by atoms with van der Waals surface area (Å²) in [5.41, 5.74) is -0.360. The molecule has 0 aliphatic carbocycles. The average Bonchev–Trinajstić information content (AvgIpc) is 3.42. The molecule has 2 aromatic carbocycles. The summed E-state index contributed by atoms with van der Waals surface area (Å²) in [5.74, 6) is -0.960. The Balaban J connectivity index is 1.83. The van der Waals surface area contributed by atoms with E-state index in [1.54, 1.807) is 44.2 Å². The molecular weight excluding hydrogens is 508 g/mol. The molecule has 0 radical (unpaired) electrons. The van der Waals surface area contributed by atoms with Crippen LogP contribution in [0.4, 0.5) is 13.2 Å². The number of halogens is 5. The third-order valence-corrected chi connectivity index (χ3v) is 7.11. The third kappa shape index (κ3) is 4.58. The number of carbonyl (C=O) groups is 1. The van der Waals surface area contributed by atoms with Gasteiger partial charge in [0.2, 0.25) is 0 Å². The van der Waals surface area contributed by atoms with Gasteiger partial charge in [-0.3, -0.25) is 4.79 Å². The van der Waals surface area contributed by atoms with Crippen molar-refractivity contribution in [1.29, 1.82) is 0 Å². The minimum atomic E-state index is -4.65. The van der Waals surface area contributed by atoms with E-state index < -0.39 is 23.3 Å². The molecular formula is C24H17Cl2F3N2O2S. The lowest BCUT2D eigenvalue weighted by Crippen LogP contribution is -2.28. The first-order valence-corrected chi connectivity index (χ1v) is 11.5. The predicted octanol–water partition coefficient (Wildman–Crippen LogP) is 7.96. The lowest BCUT2D eigenvalue weighted by atomic mass is 9.84. The highest BCUT2D eigenvalue weighted by Crippen LogP contribution is 2.40. The molecule has 4 aromatic rings. The van der Waals surface area contributed by atoms with Gasteiger partial charge in [0.05, 0.1) is 26.7 Å². The number of nitrogens with zero attached hydrogens (tertiary/aromatic N) is 2. The van der Waals surface area contributed by atoms with E-state index in [1.165, 1.54) is 29.5 Å². The largest absolute Gasteiger partial charge is 0.481 e. The number of hydrogen-bond acceptors (Lipinski definition) is 3. The zero-order valence-electron chi connectivity index (χ0n) is 17.8. The van der Waals surface area contributed by atoms with Crippen molar-refractivity contribution in [2.45, 2.75) is 25.4 Å². The number of aromatic nitrogens is 2. The van der Waals surface area contributed by atoms with Gasteiger partial charge < -0.3 is 5.11 Å². The number of alkyl halides is 3. The van der Waals surface area contributed by atoms with Gasteiger partial charge in [-0.15, -0.1) is 11.3 Å². The van der Waals surface area contributed by atoms with E-state index in [-0.39, 0.29) is 16.4 Å². The number of hydrogen-bond donors (Lipinski definition) is 1. The molecule has 176 valence electrons. The van der Waals surface area contributed by atoms with Crippen LogP contribution in [0.15, 0.2) is 60.7 Å². The van der Waals surface area contributed by atoms with Crippen molar-refractivity contribution in [3.05, 3.63) is 82.0 Å². The van der Waals surface area contributed by atoms with Crippen LogP contribution < -0.4 is 0 Å². The van der Waals surface area contributed by atoms with Gasteiger partial charge in [0, 0.05) is 9.90 Å². The number of thiophene rings is 1. The fraction of sp³-hybridized carbons (Fsp3) is 0.167. The Hall–Kier alpha value is -2.81. The topological polar surface area (TPSA) is 55.1 Å². The first-order valence-electron chi connectivity index (χ1n) is 9.95. The van der Waals surface area contributed by atoms with Crippen molar-refractivity contribution < 1.29 is 23.1 Å². The van der Waals surface area contributed by atoms with Gasteiger partial charge in [0.1, 0.15) is 0 Å². The van der Waals surface area contributed by atoms with Crippen LogP contribution in [0.3, 0.4) is 0 Å². The van der Waals surface area contributed by atoms with E-state index in [0.29, 0.717) is 15.5 Å². The number of benzene rings is 2. The molecule has 0 aliphatic heterocycles. The second-order valence-electron chi connectivity index (χ2n) is 8.09. The lowest BCUT2D eigenvalue weighted by Gasteiger charge is -2.20. The number of carboxylic acid groups (broad SMARTS) is 1. The Morgan fingerprint density at radius 3 is 2.38 bits per heavy atom. The van der Waals surface area contributed by atoms with E-state index in [4.69, 9.17) is 23.2 Å². The molecule has 1 N–H and O–H groups in total. The minimum absolute atomic E-state index is 0.197. The van der Waals surface area contributed by atoms with Crippen LogP contribution in [0.2, 0.25) is 10.0 Å². The summed E-state index contributed by atoms with van der Waals surface area (Å²) in [6.07, 6.45) is -4.65. The van der Waals surface area contributed by atoms with Crippen molar-refractivity contribution in [3.63, 3.8) is 0 Å². The first kappa shape index (κ1) is 24.3. The monoisotopic (exact) mass is 524 g/mol. The number of aliphatic carboxylic acids is 1.